The lowest BCUT2D eigenvalue weighted by Crippen LogP contribution is -2.53. The molecule has 1 atom stereocenters. The van der Waals surface area contributed by atoms with Gasteiger partial charge in [-0.2, -0.15) is 0 Å². The molecule has 0 saturated carbocycles. The van der Waals surface area contributed by atoms with Crippen molar-refractivity contribution in [2.45, 2.75) is 19.4 Å². The fraction of sp³-hybridized carbons (Fsp3) is 0.533. The van der Waals surface area contributed by atoms with E-state index in [9.17, 15) is 18.7 Å². The zero-order chi connectivity index (χ0) is 16.1. The lowest BCUT2D eigenvalue weighted by Gasteiger charge is -2.38. The van der Waals surface area contributed by atoms with Crippen LogP contribution in [0.25, 0.3) is 0 Å². The number of aliphatic hydroxyl groups is 1. The molecule has 0 aromatic heterocycles. The normalized spacial score (nSPS) is 17.4. The summed E-state index contributed by atoms with van der Waals surface area (Å²) in [6, 6.07) is 2.66. The van der Waals surface area contributed by atoms with Crippen LogP contribution in [-0.4, -0.2) is 59.8 Å². The molecular weight excluding hydrogens is 292 g/mol. The number of carbonyl (C=O) groups is 1. The number of nitrogens with zero attached hydrogens (tertiary/aromatic N) is 2. The summed E-state index contributed by atoms with van der Waals surface area (Å²) in [6.45, 7) is 4.48. The number of hydrogen-bond donors (Lipinski definition) is 2. The summed E-state index contributed by atoms with van der Waals surface area (Å²) in [6.07, 6.45) is 0.852. The second kappa shape index (κ2) is 7.51. The number of anilines is 1. The molecule has 1 unspecified atom stereocenters. The molecule has 0 aliphatic carbocycles. The molecule has 1 aliphatic rings. The first kappa shape index (κ1) is 16.6. The van der Waals surface area contributed by atoms with Crippen molar-refractivity contribution in [2.24, 2.45) is 0 Å². The van der Waals surface area contributed by atoms with E-state index >= 15 is 0 Å². The SMILES string of the molecule is CCC(CO)N1CCN(C(=O)Nc2cc(F)cc(F)c2)CC1. The van der Waals surface area contributed by atoms with Crippen LogP contribution in [0, 0.1) is 11.6 Å². The number of nitrogens with one attached hydrogen (secondary N) is 1. The third kappa shape index (κ3) is 4.14. The van der Waals surface area contributed by atoms with Crippen molar-refractivity contribution < 1.29 is 18.7 Å². The molecule has 5 nitrogen and oxygen atoms in total. The summed E-state index contributed by atoms with van der Waals surface area (Å²) in [7, 11) is 0. The Bertz CT molecular complexity index is 495. The topological polar surface area (TPSA) is 55.8 Å². The lowest BCUT2D eigenvalue weighted by atomic mass is 10.2. The molecular formula is C15H21F2N3O2. The summed E-state index contributed by atoms with van der Waals surface area (Å²) in [4.78, 5) is 15.9. The van der Waals surface area contributed by atoms with Gasteiger partial charge in [0.1, 0.15) is 11.6 Å². The van der Waals surface area contributed by atoms with Crippen molar-refractivity contribution >= 4 is 11.7 Å². The highest BCUT2D eigenvalue weighted by Gasteiger charge is 2.25. The van der Waals surface area contributed by atoms with E-state index in [-0.39, 0.29) is 24.4 Å². The molecule has 2 N–H and O–H groups in total. The van der Waals surface area contributed by atoms with Crippen LogP contribution in [0.4, 0.5) is 19.3 Å². The van der Waals surface area contributed by atoms with Gasteiger partial charge in [-0.1, -0.05) is 6.92 Å². The van der Waals surface area contributed by atoms with Gasteiger partial charge >= 0.3 is 6.03 Å². The van der Waals surface area contributed by atoms with Crippen molar-refractivity contribution in [3.05, 3.63) is 29.8 Å². The van der Waals surface area contributed by atoms with Crippen LogP contribution < -0.4 is 5.32 Å². The van der Waals surface area contributed by atoms with Gasteiger partial charge in [0.25, 0.3) is 0 Å². The number of amides is 2. The smallest absolute Gasteiger partial charge is 0.321 e. The van der Waals surface area contributed by atoms with Gasteiger partial charge in [0.2, 0.25) is 0 Å². The second-order valence-corrected chi connectivity index (χ2v) is 5.36. The number of hydrogen-bond acceptors (Lipinski definition) is 3. The molecule has 122 valence electrons. The van der Waals surface area contributed by atoms with Gasteiger partial charge in [0.15, 0.2) is 0 Å². The maximum absolute atomic E-state index is 13.1. The first-order chi connectivity index (χ1) is 10.5. The third-order valence-electron chi connectivity index (χ3n) is 3.91. The van der Waals surface area contributed by atoms with E-state index in [0.717, 1.165) is 24.6 Å². The van der Waals surface area contributed by atoms with Gasteiger partial charge in [0, 0.05) is 44.0 Å². The lowest BCUT2D eigenvalue weighted by molar-refractivity contribution is 0.0766. The molecule has 7 heteroatoms. The van der Waals surface area contributed by atoms with E-state index < -0.39 is 11.6 Å². The van der Waals surface area contributed by atoms with Crippen LogP contribution in [0.15, 0.2) is 18.2 Å². The molecule has 22 heavy (non-hydrogen) atoms. The fourth-order valence-electron chi connectivity index (χ4n) is 2.62. The minimum absolute atomic E-state index is 0.102. The molecule has 0 radical (unpaired) electrons. The van der Waals surface area contributed by atoms with Gasteiger partial charge in [-0.25, -0.2) is 13.6 Å². The number of rotatable bonds is 4. The number of piperazine rings is 1. The Labute approximate surface area is 128 Å². The van der Waals surface area contributed by atoms with Crippen LogP contribution in [0.3, 0.4) is 0 Å². The standard InChI is InChI=1S/C15H21F2N3O2/c1-2-14(10-21)19-3-5-20(6-4-19)15(22)18-13-8-11(16)7-12(17)9-13/h7-9,14,21H,2-6,10H2,1H3,(H,18,22). The first-order valence-corrected chi connectivity index (χ1v) is 7.40. The molecule has 1 aromatic rings. The molecule has 0 spiro atoms. The predicted molar refractivity (Wildman–Crippen MR) is 79.7 cm³/mol. The molecule has 2 amide bonds. The Morgan fingerprint density at radius 2 is 1.82 bits per heavy atom. The molecule has 1 saturated heterocycles. The maximum atomic E-state index is 13.1. The van der Waals surface area contributed by atoms with Gasteiger partial charge in [-0.05, 0) is 18.6 Å². The van der Waals surface area contributed by atoms with Crippen molar-refractivity contribution in [1.29, 1.82) is 0 Å². The minimum atomic E-state index is -0.728. The maximum Gasteiger partial charge on any atom is 0.321 e. The number of aliphatic hydroxyl groups excluding tert-OH is 1. The van der Waals surface area contributed by atoms with Crippen molar-refractivity contribution in [3.63, 3.8) is 0 Å². The molecule has 0 bridgehead atoms. The van der Waals surface area contributed by atoms with Crippen LogP contribution in [-0.2, 0) is 0 Å². The van der Waals surface area contributed by atoms with Crippen LogP contribution in [0.2, 0.25) is 0 Å². The first-order valence-electron chi connectivity index (χ1n) is 7.40. The van der Waals surface area contributed by atoms with Crippen LogP contribution in [0.1, 0.15) is 13.3 Å². The largest absolute Gasteiger partial charge is 0.395 e. The van der Waals surface area contributed by atoms with Gasteiger partial charge in [0.05, 0.1) is 6.61 Å². The molecule has 1 fully saturated rings. The second-order valence-electron chi connectivity index (χ2n) is 5.36. The van der Waals surface area contributed by atoms with E-state index in [1.807, 2.05) is 6.92 Å². The Kier molecular flexibility index (Phi) is 5.68. The highest BCUT2D eigenvalue weighted by molar-refractivity contribution is 5.89. The quantitative estimate of drug-likeness (QED) is 0.892. The van der Waals surface area contributed by atoms with Crippen molar-refractivity contribution in [1.82, 2.24) is 9.80 Å². The summed E-state index contributed by atoms with van der Waals surface area (Å²) < 4.78 is 26.2. The minimum Gasteiger partial charge on any atom is -0.395 e. The summed E-state index contributed by atoms with van der Waals surface area (Å²) in [5.74, 6) is -1.46. The molecule has 1 aliphatic heterocycles. The summed E-state index contributed by atoms with van der Waals surface area (Å²) >= 11 is 0. The van der Waals surface area contributed by atoms with E-state index in [2.05, 4.69) is 10.2 Å². The average Bonchev–Trinajstić information content (AvgIpc) is 2.48. The number of halogens is 2. The van der Waals surface area contributed by atoms with Crippen LogP contribution in [0.5, 0.6) is 0 Å². The highest BCUT2D eigenvalue weighted by atomic mass is 19.1. The predicted octanol–water partition coefficient (Wildman–Crippen LogP) is 1.89. The van der Waals surface area contributed by atoms with E-state index in [1.165, 1.54) is 0 Å². The highest BCUT2D eigenvalue weighted by Crippen LogP contribution is 2.15. The summed E-state index contributed by atoms with van der Waals surface area (Å²) in [5, 5.41) is 11.8. The monoisotopic (exact) mass is 313 g/mol. The van der Waals surface area contributed by atoms with Crippen molar-refractivity contribution in [2.75, 3.05) is 38.1 Å². The number of carbonyl (C=O) groups excluding carboxylic acids is 1. The molecule has 2 rings (SSSR count). The fourth-order valence-corrected chi connectivity index (χ4v) is 2.62. The van der Waals surface area contributed by atoms with Gasteiger partial charge in [-0.3, -0.25) is 4.90 Å². The van der Waals surface area contributed by atoms with E-state index in [1.54, 1.807) is 4.90 Å². The third-order valence-corrected chi connectivity index (χ3v) is 3.91. The zero-order valence-corrected chi connectivity index (χ0v) is 12.6. The van der Waals surface area contributed by atoms with Crippen LogP contribution >= 0.6 is 0 Å². The van der Waals surface area contributed by atoms with Gasteiger partial charge in [-0.15, -0.1) is 0 Å². The Morgan fingerprint density at radius 3 is 2.32 bits per heavy atom. The van der Waals surface area contributed by atoms with Gasteiger partial charge < -0.3 is 15.3 Å². The average molecular weight is 313 g/mol. The Morgan fingerprint density at radius 1 is 1.23 bits per heavy atom. The Balaban J connectivity index is 1.89. The molecule has 1 aromatic carbocycles. The van der Waals surface area contributed by atoms with Crippen molar-refractivity contribution in [3.8, 4) is 0 Å². The van der Waals surface area contributed by atoms with E-state index in [4.69, 9.17) is 0 Å². The number of urea groups is 1. The van der Waals surface area contributed by atoms with E-state index in [0.29, 0.717) is 26.2 Å². The summed E-state index contributed by atoms with van der Waals surface area (Å²) in [5.41, 5.74) is 0.103. The Hall–Kier alpha value is -1.73. The molecule has 1 heterocycles. The zero-order valence-electron chi connectivity index (χ0n) is 12.6. The number of benzene rings is 1.